The predicted molar refractivity (Wildman–Crippen MR) is 126 cm³/mol. The van der Waals surface area contributed by atoms with Gasteiger partial charge in [-0.1, -0.05) is 29.8 Å². The highest BCUT2D eigenvalue weighted by Gasteiger charge is 2.25. The van der Waals surface area contributed by atoms with Crippen LogP contribution in [-0.4, -0.2) is 21.8 Å². The van der Waals surface area contributed by atoms with Crippen LogP contribution in [0.3, 0.4) is 0 Å². The van der Waals surface area contributed by atoms with Crippen LogP contribution in [0.1, 0.15) is 26.3 Å². The Morgan fingerprint density at radius 1 is 1.06 bits per heavy atom. The molecule has 3 aromatic heterocycles. The minimum Gasteiger partial charge on any atom is -0.338 e. The van der Waals surface area contributed by atoms with Crippen LogP contribution in [-0.2, 0) is 6.54 Å². The van der Waals surface area contributed by atoms with Crippen LogP contribution < -0.4 is 15.5 Å². The zero-order valence-electron chi connectivity index (χ0n) is 16.6. The fourth-order valence-electron chi connectivity index (χ4n) is 3.45. The quantitative estimate of drug-likeness (QED) is 0.429. The molecular weight excluding hydrogens is 446 g/mol. The molecular formula is C23H16ClN5O2S. The molecule has 0 atom stereocenters. The predicted octanol–water partition coefficient (Wildman–Crippen LogP) is 5.35. The van der Waals surface area contributed by atoms with Gasteiger partial charge in [-0.2, -0.15) is 0 Å². The van der Waals surface area contributed by atoms with Crippen molar-refractivity contribution in [3.05, 3.63) is 93.4 Å². The molecule has 1 aliphatic heterocycles. The van der Waals surface area contributed by atoms with Gasteiger partial charge in [-0.15, -0.1) is 11.3 Å². The first-order valence-electron chi connectivity index (χ1n) is 9.72. The van der Waals surface area contributed by atoms with Gasteiger partial charge in [0, 0.05) is 18.0 Å². The van der Waals surface area contributed by atoms with E-state index in [2.05, 4.69) is 20.6 Å². The van der Waals surface area contributed by atoms with Gasteiger partial charge in [0.25, 0.3) is 11.8 Å². The van der Waals surface area contributed by atoms with E-state index in [0.717, 1.165) is 22.8 Å². The smallest absolute Gasteiger partial charge is 0.260 e. The number of hydrogen-bond donors (Lipinski definition) is 2. The van der Waals surface area contributed by atoms with Gasteiger partial charge in [0.05, 0.1) is 29.0 Å². The molecule has 4 heterocycles. The van der Waals surface area contributed by atoms with Crippen molar-refractivity contribution in [2.24, 2.45) is 0 Å². The molecule has 0 radical (unpaired) electrons. The van der Waals surface area contributed by atoms with E-state index >= 15 is 0 Å². The van der Waals surface area contributed by atoms with Gasteiger partial charge in [0.2, 0.25) is 0 Å². The summed E-state index contributed by atoms with van der Waals surface area (Å²) >= 11 is 7.30. The number of para-hydroxylation sites is 2. The topological polar surface area (TPSA) is 87.2 Å². The van der Waals surface area contributed by atoms with Crippen molar-refractivity contribution in [1.82, 2.24) is 9.97 Å². The Morgan fingerprint density at radius 2 is 1.94 bits per heavy atom. The summed E-state index contributed by atoms with van der Waals surface area (Å²) in [4.78, 5) is 36.1. The van der Waals surface area contributed by atoms with Crippen LogP contribution in [0.5, 0.6) is 0 Å². The summed E-state index contributed by atoms with van der Waals surface area (Å²) in [6, 6.07) is 16.3. The lowest BCUT2D eigenvalue weighted by atomic mass is 10.1. The first-order chi connectivity index (χ1) is 15.6. The van der Waals surface area contributed by atoms with Crippen LogP contribution in [0, 0.1) is 0 Å². The van der Waals surface area contributed by atoms with Crippen LogP contribution in [0.15, 0.2) is 72.4 Å². The number of rotatable bonds is 3. The van der Waals surface area contributed by atoms with E-state index in [1.807, 2.05) is 36.4 Å². The summed E-state index contributed by atoms with van der Waals surface area (Å²) in [5.74, 6) is 0.501. The molecule has 9 heteroatoms. The molecule has 0 fully saturated rings. The van der Waals surface area contributed by atoms with Crippen LogP contribution in [0.4, 0.5) is 23.0 Å². The number of pyridine rings is 2. The number of benzene rings is 1. The molecule has 7 nitrogen and oxygen atoms in total. The van der Waals surface area contributed by atoms with E-state index in [-0.39, 0.29) is 11.8 Å². The van der Waals surface area contributed by atoms with Gasteiger partial charge < -0.3 is 15.5 Å². The highest BCUT2D eigenvalue weighted by atomic mass is 35.5. The Balaban J connectivity index is 1.41. The van der Waals surface area contributed by atoms with Crippen LogP contribution in [0.25, 0.3) is 0 Å². The maximum Gasteiger partial charge on any atom is 0.260 e. The monoisotopic (exact) mass is 461 g/mol. The summed E-state index contributed by atoms with van der Waals surface area (Å²) in [6.45, 7) is 0.362. The zero-order chi connectivity index (χ0) is 22.1. The van der Waals surface area contributed by atoms with Gasteiger partial charge in [-0.05, 0) is 41.8 Å². The largest absolute Gasteiger partial charge is 0.338 e. The lowest BCUT2D eigenvalue weighted by Gasteiger charge is -2.22. The fourth-order valence-corrected chi connectivity index (χ4v) is 4.36. The summed E-state index contributed by atoms with van der Waals surface area (Å²) in [7, 11) is 0. The lowest BCUT2D eigenvalue weighted by Crippen LogP contribution is -2.30. The van der Waals surface area contributed by atoms with Crippen LogP contribution >= 0.6 is 22.9 Å². The van der Waals surface area contributed by atoms with Crippen molar-refractivity contribution >= 4 is 57.8 Å². The van der Waals surface area contributed by atoms with Crippen molar-refractivity contribution < 1.29 is 9.59 Å². The molecule has 1 aromatic carbocycles. The highest BCUT2D eigenvalue weighted by Crippen LogP contribution is 2.35. The molecule has 0 spiro atoms. The Bertz CT molecular complexity index is 1320. The molecule has 0 saturated carbocycles. The molecule has 0 aliphatic carbocycles. The Hall–Kier alpha value is -3.75. The maximum absolute atomic E-state index is 13.4. The van der Waals surface area contributed by atoms with E-state index in [0.29, 0.717) is 27.8 Å². The second-order valence-corrected chi connectivity index (χ2v) is 8.56. The maximum atomic E-state index is 13.4. The SMILES string of the molecule is O=C(Nc1ccc(C(=O)N2Cc3cccnc3Nc3ccccc32)cn1)c1ccsc1Cl. The minimum atomic E-state index is -0.348. The van der Waals surface area contributed by atoms with Gasteiger partial charge in [0.1, 0.15) is 16.0 Å². The van der Waals surface area contributed by atoms with E-state index in [1.54, 1.807) is 34.7 Å². The van der Waals surface area contributed by atoms with Crippen molar-refractivity contribution in [3.63, 3.8) is 0 Å². The van der Waals surface area contributed by atoms with Crippen molar-refractivity contribution in [1.29, 1.82) is 0 Å². The number of nitrogens with zero attached hydrogens (tertiary/aromatic N) is 3. The molecule has 0 saturated heterocycles. The molecule has 0 bridgehead atoms. The van der Waals surface area contributed by atoms with Gasteiger partial charge in [-0.25, -0.2) is 9.97 Å². The molecule has 4 aromatic rings. The molecule has 5 rings (SSSR count). The molecule has 2 N–H and O–H groups in total. The molecule has 0 unspecified atom stereocenters. The Kier molecular flexibility index (Phi) is 5.30. The zero-order valence-corrected chi connectivity index (χ0v) is 18.2. The minimum absolute atomic E-state index is 0.206. The Labute approximate surface area is 192 Å². The number of amides is 2. The number of carbonyl (C=O) groups excluding carboxylic acids is 2. The second kappa shape index (κ2) is 8.41. The third kappa shape index (κ3) is 3.81. The lowest BCUT2D eigenvalue weighted by molar-refractivity contribution is 0.0984. The summed E-state index contributed by atoms with van der Waals surface area (Å²) in [6.07, 6.45) is 3.17. The third-order valence-electron chi connectivity index (χ3n) is 5.03. The number of anilines is 4. The number of hydrogen-bond acceptors (Lipinski definition) is 6. The normalized spacial score (nSPS) is 12.2. The fraction of sp³-hybridized carbons (Fsp3) is 0.0435. The number of carbonyl (C=O) groups is 2. The second-order valence-electron chi connectivity index (χ2n) is 7.04. The van der Waals surface area contributed by atoms with Gasteiger partial charge in [0.15, 0.2) is 0 Å². The number of fused-ring (bicyclic) bond motifs is 2. The molecule has 32 heavy (non-hydrogen) atoms. The first kappa shape index (κ1) is 20.2. The van der Waals surface area contributed by atoms with E-state index in [1.165, 1.54) is 17.5 Å². The molecule has 2 amide bonds. The summed E-state index contributed by atoms with van der Waals surface area (Å²) in [5.41, 5.74) is 3.24. The highest BCUT2D eigenvalue weighted by molar-refractivity contribution is 7.14. The van der Waals surface area contributed by atoms with Crippen molar-refractivity contribution in [2.45, 2.75) is 6.54 Å². The van der Waals surface area contributed by atoms with E-state index in [4.69, 9.17) is 11.6 Å². The Morgan fingerprint density at radius 3 is 2.72 bits per heavy atom. The van der Waals surface area contributed by atoms with Gasteiger partial charge in [-0.3, -0.25) is 9.59 Å². The first-order valence-corrected chi connectivity index (χ1v) is 11.0. The van der Waals surface area contributed by atoms with E-state index in [9.17, 15) is 9.59 Å². The summed E-state index contributed by atoms with van der Waals surface area (Å²) in [5, 5.41) is 7.75. The molecule has 158 valence electrons. The van der Waals surface area contributed by atoms with Crippen molar-refractivity contribution in [2.75, 3.05) is 15.5 Å². The van der Waals surface area contributed by atoms with Crippen LogP contribution in [0.2, 0.25) is 4.34 Å². The van der Waals surface area contributed by atoms with E-state index < -0.39 is 0 Å². The van der Waals surface area contributed by atoms with Gasteiger partial charge >= 0.3 is 0 Å². The molecule has 1 aliphatic rings. The standard InChI is InChI=1S/C23H16ClN5O2S/c24-20-16(9-11-32-20)22(30)28-19-8-7-14(12-26-19)23(31)29-13-15-4-3-10-25-21(15)27-17-5-1-2-6-18(17)29/h1-12H,13H2,(H,25,27)(H,26,28,30). The number of aromatic nitrogens is 2. The number of halogens is 1. The average Bonchev–Trinajstić information content (AvgIpc) is 3.17. The number of thiophene rings is 1. The summed E-state index contributed by atoms with van der Waals surface area (Å²) < 4.78 is 0.414. The van der Waals surface area contributed by atoms with Crippen molar-refractivity contribution in [3.8, 4) is 0 Å². The number of nitrogens with one attached hydrogen (secondary N) is 2. The average molecular weight is 462 g/mol. The third-order valence-corrected chi connectivity index (χ3v) is 6.20.